The number of nitrogens with two attached hydrogens (primary N) is 1. The summed E-state index contributed by atoms with van der Waals surface area (Å²) in [6.07, 6.45) is 0. The number of nitrogens with zero attached hydrogens (tertiary/aromatic N) is 3. The van der Waals surface area contributed by atoms with Gasteiger partial charge in [0.05, 0.1) is 12.8 Å². The second-order valence-corrected chi connectivity index (χ2v) is 4.79. The van der Waals surface area contributed by atoms with Crippen molar-refractivity contribution in [2.24, 2.45) is 5.18 Å². The third-order valence-corrected chi connectivity index (χ3v) is 3.40. The van der Waals surface area contributed by atoms with Crippen molar-refractivity contribution >= 4 is 11.5 Å². The van der Waals surface area contributed by atoms with Crippen LogP contribution in [0, 0.1) is 10.7 Å². The Morgan fingerprint density at radius 2 is 1.96 bits per heavy atom. The summed E-state index contributed by atoms with van der Waals surface area (Å²) in [4.78, 5) is 11.2. The monoisotopic (exact) mass is 312 g/mol. The van der Waals surface area contributed by atoms with Crippen molar-refractivity contribution in [2.45, 2.75) is 0 Å². The summed E-state index contributed by atoms with van der Waals surface area (Å²) in [5.74, 6) is 0.298. The molecule has 0 aliphatic carbocycles. The molecule has 0 bridgehead atoms. The predicted molar refractivity (Wildman–Crippen MR) is 85.4 cm³/mol. The molecule has 0 saturated carbocycles. The maximum absolute atomic E-state index is 13.4. The highest BCUT2D eigenvalue weighted by atomic mass is 19.1. The van der Waals surface area contributed by atoms with E-state index in [1.165, 1.54) is 22.9 Å². The molecule has 2 aromatic carbocycles. The highest BCUT2D eigenvalue weighted by molar-refractivity contribution is 5.81. The number of methoxy groups -OCH3 is 1. The largest absolute Gasteiger partial charge is 0.497 e. The molecule has 0 saturated heterocycles. The highest BCUT2D eigenvalue weighted by Gasteiger charge is 2.19. The lowest BCUT2D eigenvalue weighted by Crippen LogP contribution is -2.02. The average Bonchev–Trinajstić information content (AvgIpc) is 2.91. The molecular weight excluding hydrogens is 299 g/mol. The van der Waals surface area contributed by atoms with Gasteiger partial charge >= 0.3 is 0 Å². The number of anilines is 1. The Labute approximate surface area is 131 Å². The highest BCUT2D eigenvalue weighted by Crippen LogP contribution is 2.36. The van der Waals surface area contributed by atoms with Crippen LogP contribution in [-0.4, -0.2) is 16.9 Å². The van der Waals surface area contributed by atoms with Gasteiger partial charge in [-0.3, -0.25) is 0 Å². The lowest BCUT2D eigenvalue weighted by atomic mass is 10.1. The number of hydrogen-bond acceptors (Lipinski definition) is 5. The molecule has 0 spiro atoms. The molecule has 0 aliphatic rings. The normalized spacial score (nSPS) is 10.5. The van der Waals surface area contributed by atoms with Gasteiger partial charge in [-0.1, -0.05) is 6.07 Å². The second-order valence-electron chi connectivity index (χ2n) is 4.79. The fraction of sp³-hybridized carbons (Fsp3) is 0.0625. The molecule has 0 aliphatic heterocycles. The third-order valence-electron chi connectivity index (χ3n) is 3.40. The first-order valence-electron chi connectivity index (χ1n) is 6.76. The molecule has 1 heterocycles. The van der Waals surface area contributed by atoms with Gasteiger partial charge in [0.15, 0.2) is 11.5 Å². The molecule has 0 radical (unpaired) electrons. The van der Waals surface area contributed by atoms with Crippen molar-refractivity contribution in [3.8, 4) is 22.7 Å². The molecule has 3 rings (SSSR count). The molecule has 0 unspecified atom stereocenters. The Hall–Kier alpha value is -3.22. The Kier molecular flexibility index (Phi) is 3.76. The summed E-state index contributed by atoms with van der Waals surface area (Å²) >= 11 is 0. The molecule has 3 aromatic rings. The molecule has 23 heavy (non-hydrogen) atoms. The van der Waals surface area contributed by atoms with Gasteiger partial charge in [0.1, 0.15) is 17.3 Å². The average molecular weight is 312 g/mol. The number of rotatable bonds is 4. The van der Waals surface area contributed by atoms with E-state index in [0.29, 0.717) is 22.7 Å². The van der Waals surface area contributed by atoms with Gasteiger partial charge < -0.3 is 10.5 Å². The minimum Gasteiger partial charge on any atom is -0.497 e. The number of benzene rings is 2. The van der Waals surface area contributed by atoms with Crippen LogP contribution in [0.1, 0.15) is 0 Å². The van der Waals surface area contributed by atoms with Crippen LogP contribution in [0.15, 0.2) is 53.7 Å². The van der Waals surface area contributed by atoms with Crippen LogP contribution in [0.5, 0.6) is 5.75 Å². The van der Waals surface area contributed by atoms with Crippen LogP contribution in [0.3, 0.4) is 0 Å². The minimum absolute atomic E-state index is 0.0134. The molecule has 0 fully saturated rings. The van der Waals surface area contributed by atoms with E-state index in [-0.39, 0.29) is 11.5 Å². The van der Waals surface area contributed by atoms with Crippen LogP contribution in [-0.2, 0) is 0 Å². The van der Waals surface area contributed by atoms with E-state index in [9.17, 15) is 9.30 Å². The van der Waals surface area contributed by atoms with E-state index in [1.807, 2.05) is 0 Å². The first-order valence-corrected chi connectivity index (χ1v) is 6.76. The summed E-state index contributed by atoms with van der Waals surface area (Å²) < 4.78 is 19.8. The van der Waals surface area contributed by atoms with E-state index >= 15 is 0 Å². The Morgan fingerprint density at radius 3 is 2.57 bits per heavy atom. The van der Waals surface area contributed by atoms with Gasteiger partial charge in [0.2, 0.25) is 0 Å². The number of nitrogen functional groups attached to an aromatic ring is 1. The topological polar surface area (TPSA) is 82.5 Å². The third kappa shape index (κ3) is 2.64. The van der Waals surface area contributed by atoms with Crippen molar-refractivity contribution in [3.05, 3.63) is 59.3 Å². The van der Waals surface area contributed by atoms with Crippen molar-refractivity contribution in [3.63, 3.8) is 0 Å². The summed E-state index contributed by atoms with van der Waals surface area (Å²) in [6.45, 7) is 0. The van der Waals surface area contributed by atoms with Gasteiger partial charge in [0, 0.05) is 5.56 Å². The van der Waals surface area contributed by atoms with Gasteiger partial charge in [-0.15, -0.1) is 4.91 Å². The SMILES string of the molecule is COc1ccc(-c2nn(-c3cccc(F)c3)c(N)c2N=O)cc1. The Bertz CT molecular complexity index is 859. The van der Waals surface area contributed by atoms with Crippen molar-refractivity contribution < 1.29 is 9.13 Å². The maximum atomic E-state index is 13.4. The molecule has 7 heteroatoms. The lowest BCUT2D eigenvalue weighted by Gasteiger charge is -2.03. The first-order chi connectivity index (χ1) is 11.1. The first kappa shape index (κ1) is 14.7. The fourth-order valence-electron chi connectivity index (χ4n) is 2.26. The van der Waals surface area contributed by atoms with Crippen LogP contribution < -0.4 is 10.5 Å². The zero-order chi connectivity index (χ0) is 16.4. The standard InChI is InChI=1S/C16H13FN4O2/c1-23-13-7-5-10(6-8-13)14-15(20-22)16(18)21(19-14)12-4-2-3-11(17)9-12/h2-9H,18H2,1H3. The van der Waals surface area contributed by atoms with Gasteiger partial charge in [-0.25, -0.2) is 9.07 Å². The van der Waals surface area contributed by atoms with Gasteiger partial charge in [-0.05, 0) is 47.6 Å². The number of halogens is 1. The maximum Gasteiger partial charge on any atom is 0.178 e. The summed E-state index contributed by atoms with van der Waals surface area (Å²) in [6, 6.07) is 12.7. The molecule has 1 aromatic heterocycles. The van der Waals surface area contributed by atoms with Gasteiger partial charge in [-0.2, -0.15) is 5.10 Å². The molecule has 116 valence electrons. The summed E-state index contributed by atoms with van der Waals surface area (Å²) in [7, 11) is 1.56. The van der Waals surface area contributed by atoms with E-state index < -0.39 is 5.82 Å². The predicted octanol–water partition coefficient (Wildman–Crippen LogP) is 3.67. The molecular formula is C16H13FN4O2. The van der Waals surface area contributed by atoms with Crippen LogP contribution in [0.2, 0.25) is 0 Å². The van der Waals surface area contributed by atoms with Crippen LogP contribution >= 0.6 is 0 Å². The number of ether oxygens (including phenoxy) is 1. The number of aromatic nitrogens is 2. The van der Waals surface area contributed by atoms with E-state index in [0.717, 1.165) is 0 Å². The minimum atomic E-state index is -0.427. The number of nitroso groups, excluding NO2 is 1. The van der Waals surface area contributed by atoms with Crippen molar-refractivity contribution in [1.29, 1.82) is 0 Å². The summed E-state index contributed by atoms with van der Waals surface area (Å²) in [5, 5.41) is 7.28. The van der Waals surface area contributed by atoms with Crippen LogP contribution in [0.25, 0.3) is 16.9 Å². The lowest BCUT2D eigenvalue weighted by molar-refractivity contribution is 0.415. The molecule has 0 atom stereocenters. The smallest absolute Gasteiger partial charge is 0.178 e. The molecule has 0 amide bonds. The second kappa shape index (κ2) is 5.88. The molecule has 2 N–H and O–H groups in total. The van der Waals surface area contributed by atoms with E-state index in [1.54, 1.807) is 37.4 Å². The quantitative estimate of drug-likeness (QED) is 0.745. The van der Waals surface area contributed by atoms with E-state index in [4.69, 9.17) is 10.5 Å². The van der Waals surface area contributed by atoms with Crippen molar-refractivity contribution in [2.75, 3.05) is 12.8 Å². The fourth-order valence-corrected chi connectivity index (χ4v) is 2.26. The van der Waals surface area contributed by atoms with E-state index in [2.05, 4.69) is 10.3 Å². The van der Waals surface area contributed by atoms with Crippen LogP contribution in [0.4, 0.5) is 15.9 Å². The Morgan fingerprint density at radius 1 is 1.22 bits per heavy atom. The number of hydrogen-bond donors (Lipinski definition) is 1. The summed E-state index contributed by atoms with van der Waals surface area (Å²) in [5.41, 5.74) is 7.35. The van der Waals surface area contributed by atoms with Gasteiger partial charge in [0.25, 0.3) is 0 Å². The Balaban J connectivity index is 2.14. The molecule has 6 nitrogen and oxygen atoms in total. The van der Waals surface area contributed by atoms with Crippen molar-refractivity contribution in [1.82, 2.24) is 9.78 Å². The zero-order valence-electron chi connectivity index (χ0n) is 12.2. The zero-order valence-corrected chi connectivity index (χ0v) is 12.2.